The van der Waals surface area contributed by atoms with Gasteiger partial charge in [-0.2, -0.15) is 0 Å². The molecule has 0 bridgehead atoms. The summed E-state index contributed by atoms with van der Waals surface area (Å²) in [6, 6.07) is 0. The van der Waals surface area contributed by atoms with Crippen LogP contribution in [0.3, 0.4) is 0 Å². The number of hydrogen-bond donors (Lipinski definition) is 8. The van der Waals surface area contributed by atoms with Crippen molar-refractivity contribution in [1.82, 2.24) is 0 Å². The number of aliphatic hydroxyl groups is 8. The minimum absolute atomic E-state index is 0. The summed E-state index contributed by atoms with van der Waals surface area (Å²) >= 11 is 0. The van der Waals surface area contributed by atoms with Gasteiger partial charge in [0.05, 0.1) is 0 Å². The monoisotopic (exact) mass is 240 g/mol. The molecule has 0 spiro atoms. The Morgan fingerprint density at radius 2 is 0.385 bits per heavy atom. The Balaban J connectivity index is -0.0000000213. The molecule has 0 unspecified atom stereocenters. The van der Waals surface area contributed by atoms with Gasteiger partial charge in [-0.1, -0.05) is 0 Å². The van der Waals surface area contributed by atoms with Crippen molar-refractivity contribution in [2.75, 3.05) is 27.2 Å². The molecule has 0 aliphatic heterocycles. The number of aliphatic hydroxyl groups excluding tert-OH is 4. The average molecular weight is 240 g/mol. The van der Waals surface area contributed by atoms with E-state index in [1.54, 1.807) is 0 Å². The predicted molar refractivity (Wildman–Crippen MR) is 37.2 cm³/mol. The summed E-state index contributed by atoms with van der Waals surface area (Å²) in [5.74, 6) is 0. The van der Waals surface area contributed by atoms with Gasteiger partial charge in [0.25, 0.3) is 0 Å². The van der Waals surface area contributed by atoms with Crippen LogP contribution < -0.4 is 0 Å². The van der Waals surface area contributed by atoms with Gasteiger partial charge in [-0.15, -0.1) is 0 Å². The van der Waals surface area contributed by atoms with E-state index in [4.69, 9.17) is 40.9 Å². The van der Waals surface area contributed by atoms with Crippen LogP contribution >= 0.6 is 0 Å². The van der Waals surface area contributed by atoms with E-state index >= 15 is 0 Å². The van der Waals surface area contributed by atoms with E-state index in [-0.39, 0.29) is 21.7 Å². The van der Waals surface area contributed by atoms with Gasteiger partial charge in [0, 0.05) is 21.7 Å². The van der Waals surface area contributed by atoms with Crippen LogP contribution in [0.2, 0.25) is 0 Å². The Hall–Kier alpha value is 0.394. The summed E-state index contributed by atoms with van der Waals surface area (Å²) in [6.45, 7) is -3.00. The largest absolute Gasteiger partial charge is 0.371 e. The van der Waals surface area contributed by atoms with Gasteiger partial charge in [0.15, 0.2) is 0 Å². The van der Waals surface area contributed by atoms with Crippen LogP contribution in [0.15, 0.2) is 0 Å². The average Bonchev–Trinajstić information content (AvgIpc) is 1.92. The molecule has 0 saturated heterocycles. The van der Waals surface area contributed by atoms with Crippen molar-refractivity contribution in [2.24, 2.45) is 0 Å². The third kappa shape index (κ3) is 8610. The van der Waals surface area contributed by atoms with Crippen LogP contribution in [-0.2, 0) is 21.7 Å². The van der Waals surface area contributed by atoms with Gasteiger partial charge in [-0.05, 0) is 0 Å². The first-order valence-electron chi connectivity index (χ1n) is 2.53. The van der Waals surface area contributed by atoms with Crippen molar-refractivity contribution in [1.29, 1.82) is 0 Å². The second-order valence-electron chi connectivity index (χ2n) is 0.566. The van der Waals surface area contributed by atoms with Crippen LogP contribution in [-0.4, -0.2) is 68.0 Å². The molecule has 0 radical (unpaired) electrons. The quantitative estimate of drug-likeness (QED) is 0.156. The third-order valence-electron chi connectivity index (χ3n) is 0. The standard InChI is InChI=1S/4CH4O2.Ti/c4*2-1-3;/h4*2-3H,1H2;. The van der Waals surface area contributed by atoms with Crippen molar-refractivity contribution >= 4 is 0 Å². The fourth-order valence-corrected chi connectivity index (χ4v) is 0. The molecule has 13 heavy (non-hydrogen) atoms. The summed E-state index contributed by atoms with van der Waals surface area (Å²) in [5, 5.41) is 57.0. The molecule has 0 aromatic rings. The predicted octanol–water partition coefficient (Wildman–Crippen LogP) is -4.29. The molecule has 9 heteroatoms. The van der Waals surface area contributed by atoms with Crippen molar-refractivity contribution in [3.63, 3.8) is 0 Å². The van der Waals surface area contributed by atoms with Crippen LogP contribution in [0.4, 0.5) is 0 Å². The summed E-state index contributed by atoms with van der Waals surface area (Å²) < 4.78 is 0. The van der Waals surface area contributed by atoms with Crippen LogP contribution in [0.5, 0.6) is 0 Å². The Kier molecular flexibility index (Phi) is 187. The number of rotatable bonds is 0. The fourth-order valence-electron chi connectivity index (χ4n) is 0. The second-order valence-corrected chi connectivity index (χ2v) is 0.566. The smallest absolute Gasteiger partial charge is 0.140 e. The first kappa shape index (κ1) is 29.2. The summed E-state index contributed by atoms with van der Waals surface area (Å²) in [5.41, 5.74) is 0. The molecule has 0 fully saturated rings. The van der Waals surface area contributed by atoms with Crippen molar-refractivity contribution in [2.45, 2.75) is 0 Å². The maximum atomic E-state index is 7.12. The molecule has 0 rings (SSSR count). The van der Waals surface area contributed by atoms with Crippen molar-refractivity contribution in [3.8, 4) is 0 Å². The number of hydrogen-bond acceptors (Lipinski definition) is 8. The molecule has 0 atom stereocenters. The van der Waals surface area contributed by atoms with Gasteiger partial charge >= 0.3 is 0 Å². The molecule has 0 heterocycles. The van der Waals surface area contributed by atoms with E-state index in [1.165, 1.54) is 0 Å². The van der Waals surface area contributed by atoms with Crippen molar-refractivity contribution in [3.05, 3.63) is 0 Å². The van der Waals surface area contributed by atoms with E-state index in [1.807, 2.05) is 0 Å². The molecule has 0 aliphatic rings. The topological polar surface area (TPSA) is 162 Å². The van der Waals surface area contributed by atoms with Crippen LogP contribution in [0, 0.1) is 0 Å². The Morgan fingerprint density at radius 1 is 0.385 bits per heavy atom. The van der Waals surface area contributed by atoms with E-state index < -0.39 is 27.2 Å². The third-order valence-corrected chi connectivity index (χ3v) is 0. The van der Waals surface area contributed by atoms with Crippen LogP contribution in [0.1, 0.15) is 0 Å². The first-order valence-corrected chi connectivity index (χ1v) is 2.53. The molecular weight excluding hydrogens is 224 g/mol. The maximum absolute atomic E-state index is 7.12. The molecule has 0 aromatic heterocycles. The van der Waals surface area contributed by atoms with Crippen LogP contribution in [0.25, 0.3) is 0 Å². The van der Waals surface area contributed by atoms with Gasteiger partial charge in [0.1, 0.15) is 27.2 Å². The van der Waals surface area contributed by atoms with Gasteiger partial charge in [-0.3, -0.25) is 0 Å². The zero-order valence-electron chi connectivity index (χ0n) is 6.91. The van der Waals surface area contributed by atoms with E-state index in [9.17, 15) is 0 Å². The SMILES string of the molecule is OCO.OCO.OCO.OCO.[Ti]. The fraction of sp³-hybridized carbons (Fsp3) is 1.00. The summed E-state index contributed by atoms with van der Waals surface area (Å²) in [7, 11) is 0. The zero-order valence-corrected chi connectivity index (χ0v) is 8.47. The molecule has 84 valence electrons. The zero-order chi connectivity index (χ0) is 10.8. The molecule has 0 aliphatic carbocycles. The van der Waals surface area contributed by atoms with E-state index in [0.717, 1.165) is 0 Å². The molecule has 0 amide bonds. The normalized spacial score (nSPS) is 5.54. The molecule has 8 nitrogen and oxygen atoms in total. The summed E-state index contributed by atoms with van der Waals surface area (Å²) in [6.07, 6.45) is 0. The Labute approximate surface area is 90.2 Å². The van der Waals surface area contributed by atoms with Gasteiger partial charge in [0.2, 0.25) is 0 Å². The van der Waals surface area contributed by atoms with Crippen molar-refractivity contribution < 1.29 is 62.6 Å². The molecule has 0 aromatic carbocycles. The minimum atomic E-state index is -0.750. The first-order chi connectivity index (χ1) is 5.66. The Bertz CT molecular complexity index is 24.1. The van der Waals surface area contributed by atoms with Gasteiger partial charge in [-0.25, -0.2) is 0 Å². The summed E-state index contributed by atoms with van der Waals surface area (Å²) in [4.78, 5) is 0. The minimum Gasteiger partial charge on any atom is -0.371 e. The maximum Gasteiger partial charge on any atom is 0.140 e. The molecule has 8 N–H and O–H groups in total. The Morgan fingerprint density at radius 3 is 0.385 bits per heavy atom. The molecule has 0 saturated carbocycles. The van der Waals surface area contributed by atoms with E-state index in [2.05, 4.69) is 0 Å². The molecular formula is C4H16O8Ti. The van der Waals surface area contributed by atoms with E-state index in [0.29, 0.717) is 0 Å². The van der Waals surface area contributed by atoms with Gasteiger partial charge < -0.3 is 40.9 Å². The second kappa shape index (κ2) is 83.3.